The average molecular weight is 257 g/mol. The summed E-state index contributed by atoms with van der Waals surface area (Å²) in [6, 6.07) is 0. The molecule has 1 unspecified atom stereocenters. The standard InChI is InChI=1S/C8H13F2NO4S/c9-8(10,5-12)4-11-7(13)6-1-2-16(14,15)3-6/h6,12H,1-5H2,(H,11,13). The molecule has 5 nitrogen and oxygen atoms in total. The first-order valence-electron chi connectivity index (χ1n) is 4.72. The summed E-state index contributed by atoms with van der Waals surface area (Å²) >= 11 is 0. The number of amides is 1. The van der Waals surface area contributed by atoms with E-state index in [4.69, 9.17) is 5.11 Å². The smallest absolute Gasteiger partial charge is 0.287 e. The van der Waals surface area contributed by atoms with Crippen LogP contribution in [-0.4, -0.2) is 50.0 Å². The topological polar surface area (TPSA) is 83.5 Å². The van der Waals surface area contributed by atoms with Gasteiger partial charge in [-0.05, 0) is 6.42 Å². The van der Waals surface area contributed by atoms with E-state index in [-0.39, 0.29) is 17.9 Å². The van der Waals surface area contributed by atoms with Crippen molar-refractivity contribution in [1.29, 1.82) is 0 Å². The fourth-order valence-corrected chi connectivity index (χ4v) is 3.16. The van der Waals surface area contributed by atoms with Crippen LogP contribution in [0.25, 0.3) is 0 Å². The van der Waals surface area contributed by atoms with Crippen LogP contribution in [0.2, 0.25) is 0 Å². The maximum atomic E-state index is 12.6. The SMILES string of the molecule is O=C(NCC(F)(F)CO)C1CCS(=O)(=O)C1. The zero-order valence-corrected chi connectivity index (χ0v) is 9.27. The zero-order chi connectivity index (χ0) is 12.4. The summed E-state index contributed by atoms with van der Waals surface area (Å²) in [6.07, 6.45) is 0.166. The summed E-state index contributed by atoms with van der Waals surface area (Å²) in [7, 11) is -3.20. The van der Waals surface area contributed by atoms with Crippen LogP contribution in [-0.2, 0) is 14.6 Å². The van der Waals surface area contributed by atoms with Crippen molar-refractivity contribution in [1.82, 2.24) is 5.32 Å². The predicted octanol–water partition coefficient (Wildman–Crippen LogP) is -0.835. The van der Waals surface area contributed by atoms with E-state index in [1.54, 1.807) is 0 Å². The van der Waals surface area contributed by atoms with Crippen molar-refractivity contribution >= 4 is 15.7 Å². The van der Waals surface area contributed by atoms with E-state index in [2.05, 4.69) is 0 Å². The molecule has 1 atom stereocenters. The zero-order valence-electron chi connectivity index (χ0n) is 8.45. The molecule has 1 amide bonds. The summed E-state index contributed by atoms with van der Waals surface area (Å²) in [6.45, 7) is -2.32. The Bertz CT molecular complexity index is 368. The van der Waals surface area contributed by atoms with Crippen LogP contribution in [0.5, 0.6) is 0 Å². The molecule has 0 aliphatic carbocycles. The molecule has 1 aliphatic heterocycles. The van der Waals surface area contributed by atoms with E-state index >= 15 is 0 Å². The van der Waals surface area contributed by atoms with Crippen LogP contribution < -0.4 is 5.32 Å². The summed E-state index contributed by atoms with van der Waals surface area (Å²) < 4.78 is 47.2. The van der Waals surface area contributed by atoms with Gasteiger partial charge in [-0.1, -0.05) is 0 Å². The molecule has 0 bridgehead atoms. The lowest BCUT2D eigenvalue weighted by Gasteiger charge is -2.15. The maximum absolute atomic E-state index is 12.6. The van der Waals surface area contributed by atoms with E-state index in [1.165, 1.54) is 0 Å². The maximum Gasteiger partial charge on any atom is 0.287 e. The normalized spacial score (nSPS) is 24.3. The summed E-state index contributed by atoms with van der Waals surface area (Å²) in [5, 5.41) is 10.2. The number of carbonyl (C=O) groups excluding carboxylic acids is 1. The summed E-state index contributed by atoms with van der Waals surface area (Å²) in [4.78, 5) is 11.3. The minimum atomic E-state index is -3.37. The van der Waals surface area contributed by atoms with Crippen molar-refractivity contribution in [3.05, 3.63) is 0 Å². The first kappa shape index (κ1) is 13.3. The van der Waals surface area contributed by atoms with Crippen molar-refractivity contribution in [3.8, 4) is 0 Å². The summed E-state index contributed by atoms with van der Waals surface area (Å²) in [5.41, 5.74) is 0. The number of alkyl halides is 2. The number of halogens is 2. The van der Waals surface area contributed by atoms with E-state index in [0.717, 1.165) is 0 Å². The van der Waals surface area contributed by atoms with Gasteiger partial charge in [-0.3, -0.25) is 4.79 Å². The van der Waals surface area contributed by atoms with Crippen LogP contribution >= 0.6 is 0 Å². The Labute approximate surface area is 91.8 Å². The highest BCUT2D eigenvalue weighted by Gasteiger charge is 2.35. The first-order chi connectivity index (χ1) is 7.26. The highest BCUT2D eigenvalue weighted by Crippen LogP contribution is 2.19. The molecule has 0 radical (unpaired) electrons. The van der Waals surface area contributed by atoms with Gasteiger partial charge >= 0.3 is 0 Å². The van der Waals surface area contributed by atoms with Gasteiger partial charge in [0.25, 0.3) is 5.92 Å². The van der Waals surface area contributed by atoms with Gasteiger partial charge in [0, 0.05) is 0 Å². The molecule has 1 heterocycles. The highest BCUT2D eigenvalue weighted by molar-refractivity contribution is 7.91. The van der Waals surface area contributed by atoms with Gasteiger partial charge in [-0.2, -0.15) is 0 Å². The molecule has 0 aromatic rings. The molecule has 2 N–H and O–H groups in total. The molecular formula is C8H13F2NO4S. The van der Waals surface area contributed by atoms with E-state index in [1.807, 2.05) is 5.32 Å². The molecule has 1 saturated heterocycles. The molecule has 0 aromatic carbocycles. The van der Waals surface area contributed by atoms with Gasteiger partial charge in [0.1, 0.15) is 6.61 Å². The molecule has 0 aromatic heterocycles. The van der Waals surface area contributed by atoms with E-state index < -0.39 is 40.7 Å². The molecule has 8 heteroatoms. The van der Waals surface area contributed by atoms with Crippen molar-refractivity contribution in [2.45, 2.75) is 12.3 Å². The first-order valence-corrected chi connectivity index (χ1v) is 6.55. The van der Waals surface area contributed by atoms with Crippen molar-refractivity contribution in [2.24, 2.45) is 5.92 Å². The fourth-order valence-electron chi connectivity index (χ4n) is 1.42. The third kappa shape index (κ3) is 3.67. The Kier molecular flexibility index (Phi) is 3.84. The van der Waals surface area contributed by atoms with Crippen LogP contribution in [0, 0.1) is 5.92 Å². The second-order valence-corrected chi connectivity index (χ2v) is 6.06. The molecule has 0 saturated carbocycles. The molecule has 94 valence electrons. The second kappa shape index (κ2) is 4.62. The molecule has 1 fully saturated rings. The van der Waals surface area contributed by atoms with E-state index in [9.17, 15) is 22.0 Å². The van der Waals surface area contributed by atoms with Gasteiger partial charge in [0.2, 0.25) is 5.91 Å². The molecule has 16 heavy (non-hydrogen) atoms. The van der Waals surface area contributed by atoms with Gasteiger partial charge in [0.05, 0.1) is 24.0 Å². The lowest BCUT2D eigenvalue weighted by molar-refractivity contribution is -0.127. The van der Waals surface area contributed by atoms with Crippen LogP contribution in [0.15, 0.2) is 0 Å². The quantitative estimate of drug-likeness (QED) is 0.688. The molecule has 0 spiro atoms. The number of nitrogens with one attached hydrogen (secondary N) is 1. The molecular weight excluding hydrogens is 244 g/mol. The summed E-state index contributed by atoms with van der Waals surface area (Å²) in [5.74, 6) is -5.19. The van der Waals surface area contributed by atoms with Crippen molar-refractivity contribution in [2.75, 3.05) is 24.7 Å². The third-order valence-corrected chi connectivity index (χ3v) is 4.12. The van der Waals surface area contributed by atoms with Gasteiger partial charge in [-0.15, -0.1) is 0 Å². The second-order valence-electron chi connectivity index (χ2n) is 3.83. The van der Waals surface area contributed by atoms with Crippen LogP contribution in [0.4, 0.5) is 8.78 Å². The molecule has 1 rings (SSSR count). The largest absolute Gasteiger partial charge is 0.390 e. The number of sulfone groups is 1. The lowest BCUT2D eigenvalue weighted by atomic mass is 10.1. The molecule has 1 aliphatic rings. The van der Waals surface area contributed by atoms with Crippen LogP contribution in [0.1, 0.15) is 6.42 Å². The fraction of sp³-hybridized carbons (Fsp3) is 0.875. The van der Waals surface area contributed by atoms with Crippen molar-refractivity contribution < 1.29 is 27.1 Å². The highest BCUT2D eigenvalue weighted by atomic mass is 32.2. The number of aliphatic hydroxyl groups excluding tert-OH is 1. The minimum Gasteiger partial charge on any atom is -0.390 e. The number of carbonyl (C=O) groups is 1. The average Bonchev–Trinajstić information content (AvgIpc) is 2.55. The van der Waals surface area contributed by atoms with Gasteiger partial charge < -0.3 is 10.4 Å². The van der Waals surface area contributed by atoms with Gasteiger partial charge in [0.15, 0.2) is 9.84 Å². The Hall–Kier alpha value is -0.760. The van der Waals surface area contributed by atoms with E-state index in [0.29, 0.717) is 0 Å². The Morgan fingerprint density at radius 3 is 2.56 bits per heavy atom. The number of hydrogen-bond donors (Lipinski definition) is 2. The number of rotatable bonds is 4. The minimum absolute atomic E-state index is 0.0819. The van der Waals surface area contributed by atoms with Crippen molar-refractivity contribution in [3.63, 3.8) is 0 Å². The number of aliphatic hydroxyl groups is 1. The number of hydrogen-bond acceptors (Lipinski definition) is 4. The van der Waals surface area contributed by atoms with Gasteiger partial charge in [-0.25, -0.2) is 17.2 Å². The predicted molar refractivity (Wildman–Crippen MR) is 51.8 cm³/mol. The lowest BCUT2D eigenvalue weighted by Crippen LogP contribution is -2.41. The third-order valence-electron chi connectivity index (χ3n) is 2.36. The monoisotopic (exact) mass is 257 g/mol. The Balaban J connectivity index is 2.43. The van der Waals surface area contributed by atoms with Crippen LogP contribution in [0.3, 0.4) is 0 Å². The Morgan fingerprint density at radius 1 is 1.50 bits per heavy atom. The Morgan fingerprint density at radius 2 is 2.12 bits per heavy atom.